The number of carbonyl (C=O) groups is 3. The quantitative estimate of drug-likeness (QED) is 0.549. The lowest BCUT2D eigenvalue weighted by Crippen LogP contribution is -2.45. The minimum atomic E-state index is -0.666. The van der Waals surface area contributed by atoms with Crippen LogP contribution >= 0.6 is 11.6 Å². The van der Waals surface area contributed by atoms with Crippen LogP contribution in [-0.2, 0) is 15.0 Å². The Hall–Kier alpha value is -2.08. The molecule has 1 heterocycles. The van der Waals surface area contributed by atoms with Gasteiger partial charge in [0.15, 0.2) is 0 Å². The molecule has 1 aromatic rings. The molecule has 1 spiro atoms. The van der Waals surface area contributed by atoms with Crippen LogP contribution in [-0.4, -0.2) is 41.4 Å². The maximum atomic E-state index is 13.1. The fourth-order valence-corrected chi connectivity index (χ4v) is 5.41. The van der Waals surface area contributed by atoms with Gasteiger partial charge in [0.2, 0.25) is 5.91 Å². The Morgan fingerprint density at radius 2 is 1.79 bits per heavy atom. The molecule has 1 aliphatic heterocycles. The minimum absolute atomic E-state index is 0.0155. The number of nitrogens with one attached hydrogen (secondary N) is 2. The molecule has 0 aromatic heterocycles. The summed E-state index contributed by atoms with van der Waals surface area (Å²) in [4.78, 5) is 39.3. The number of carbonyl (C=O) groups excluding carboxylic acids is 3. The summed E-state index contributed by atoms with van der Waals surface area (Å²) < 4.78 is 0. The van der Waals surface area contributed by atoms with E-state index >= 15 is 0 Å². The molecule has 4 rings (SSSR count). The van der Waals surface area contributed by atoms with Crippen molar-refractivity contribution in [2.75, 3.05) is 13.1 Å². The van der Waals surface area contributed by atoms with E-state index in [9.17, 15) is 14.4 Å². The highest BCUT2D eigenvalue weighted by Crippen LogP contribution is 2.42. The second-order valence-corrected chi connectivity index (χ2v) is 9.02. The molecule has 4 amide bonds. The number of imide groups is 1. The van der Waals surface area contributed by atoms with Crippen LogP contribution in [0.3, 0.4) is 0 Å². The largest absolute Gasteiger partial charge is 0.355 e. The van der Waals surface area contributed by atoms with E-state index in [2.05, 4.69) is 10.6 Å². The number of urea groups is 1. The monoisotopic (exact) mass is 417 g/mol. The van der Waals surface area contributed by atoms with E-state index in [1.165, 1.54) is 4.90 Å². The summed E-state index contributed by atoms with van der Waals surface area (Å²) in [5.74, 6) is -0.0840. The van der Waals surface area contributed by atoms with Crippen LogP contribution in [0, 0.1) is 0 Å². The predicted octanol–water partition coefficient (Wildman–Crippen LogP) is 3.52. The molecule has 1 aromatic carbocycles. The molecule has 0 radical (unpaired) electrons. The highest BCUT2D eigenvalue weighted by molar-refractivity contribution is 6.30. The van der Waals surface area contributed by atoms with E-state index in [1.54, 1.807) is 0 Å². The van der Waals surface area contributed by atoms with Crippen molar-refractivity contribution < 1.29 is 14.4 Å². The van der Waals surface area contributed by atoms with Crippen LogP contribution in [0.25, 0.3) is 0 Å². The lowest BCUT2D eigenvalue weighted by molar-refractivity contribution is -0.131. The van der Waals surface area contributed by atoms with Crippen LogP contribution in [0.15, 0.2) is 24.3 Å². The summed E-state index contributed by atoms with van der Waals surface area (Å²) in [6.45, 7) is 0.766. The Bertz CT molecular complexity index is 813. The molecule has 2 aliphatic carbocycles. The van der Waals surface area contributed by atoms with Gasteiger partial charge in [-0.25, -0.2) is 4.79 Å². The van der Waals surface area contributed by atoms with Crippen molar-refractivity contribution in [3.8, 4) is 0 Å². The van der Waals surface area contributed by atoms with E-state index in [1.807, 2.05) is 24.3 Å². The molecule has 0 unspecified atom stereocenters. The van der Waals surface area contributed by atoms with Crippen molar-refractivity contribution in [3.63, 3.8) is 0 Å². The molecule has 7 heteroatoms. The van der Waals surface area contributed by atoms with E-state index < -0.39 is 11.0 Å². The van der Waals surface area contributed by atoms with Crippen LogP contribution in [0.1, 0.15) is 63.4 Å². The van der Waals surface area contributed by atoms with Gasteiger partial charge in [-0.05, 0) is 49.8 Å². The van der Waals surface area contributed by atoms with Gasteiger partial charge in [0.1, 0.15) is 5.54 Å². The number of rotatable bonds is 6. The summed E-state index contributed by atoms with van der Waals surface area (Å²) in [7, 11) is 0. The van der Waals surface area contributed by atoms with Crippen molar-refractivity contribution in [2.45, 2.75) is 68.7 Å². The smallest absolute Gasteiger partial charge is 0.325 e. The Labute approximate surface area is 176 Å². The van der Waals surface area contributed by atoms with Gasteiger partial charge >= 0.3 is 6.03 Å². The molecular weight excluding hydrogens is 390 g/mol. The fourth-order valence-electron chi connectivity index (χ4n) is 5.22. The first-order valence-corrected chi connectivity index (χ1v) is 11.0. The van der Waals surface area contributed by atoms with Crippen LogP contribution < -0.4 is 10.6 Å². The third-order valence-electron chi connectivity index (χ3n) is 6.82. The maximum absolute atomic E-state index is 13.1. The van der Waals surface area contributed by atoms with Gasteiger partial charge in [0, 0.05) is 18.1 Å². The molecule has 2 saturated carbocycles. The van der Waals surface area contributed by atoms with Gasteiger partial charge in [0.25, 0.3) is 5.91 Å². The normalized spacial score (nSPS) is 22.3. The Kier molecular flexibility index (Phi) is 5.56. The lowest BCUT2D eigenvalue weighted by atomic mass is 9.78. The average Bonchev–Trinajstić information content (AvgIpc) is 3.42. The number of hydrogen-bond acceptors (Lipinski definition) is 3. The summed E-state index contributed by atoms with van der Waals surface area (Å²) in [6, 6.07) is 7.28. The SMILES string of the molecule is O=C1NC2(CCCC2)C(=O)N1CCCNC(=O)C1(c2cccc(Cl)c2)CCCC1. The fraction of sp³-hybridized carbons (Fsp3) is 0.591. The highest BCUT2D eigenvalue weighted by atomic mass is 35.5. The minimum Gasteiger partial charge on any atom is -0.355 e. The molecule has 1 saturated heterocycles. The molecule has 156 valence electrons. The van der Waals surface area contributed by atoms with E-state index in [0.29, 0.717) is 24.5 Å². The van der Waals surface area contributed by atoms with Gasteiger partial charge in [-0.15, -0.1) is 0 Å². The van der Waals surface area contributed by atoms with Gasteiger partial charge in [0.05, 0.1) is 5.41 Å². The zero-order valence-electron chi connectivity index (χ0n) is 16.6. The van der Waals surface area contributed by atoms with Gasteiger partial charge in [-0.1, -0.05) is 49.4 Å². The molecular formula is C22H28ClN3O3. The van der Waals surface area contributed by atoms with E-state index in [0.717, 1.165) is 56.9 Å². The van der Waals surface area contributed by atoms with Gasteiger partial charge in [-0.3, -0.25) is 14.5 Å². The first kappa shape index (κ1) is 20.2. The highest BCUT2D eigenvalue weighted by Gasteiger charge is 2.52. The van der Waals surface area contributed by atoms with Crippen molar-refractivity contribution in [1.29, 1.82) is 0 Å². The second kappa shape index (κ2) is 7.98. The third-order valence-corrected chi connectivity index (χ3v) is 7.05. The third kappa shape index (κ3) is 3.63. The van der Waals surface area contributed by atoms with E-state index in [-0.39, 0.29) is 17.8 Å². The topological polar surface area (TPSA) is 78.5 Å². The van der Waals surface area contributed by atoms with E-state index in [4.69, 9.17) is 11.6 Å². The second-order valence-electron chi connectivity index (χ2n) is 8.59. The maximum Gasteiger partial charge on any atom is 0.325 e. The molecule has 29 heavy (non-hydrogen) atoms. The molecule has 3 aliphatic rings. The summed E-state index contributed by atoms with van der Waals surface area (Å²) in [5, 5.41) is 6.58. The zero-order valence-corrected chi connectivity index (χ0v) is 17.4. The molecule has 0 atom stereocenters. The van der Waals surface area contributed by atoms with Gasteiger partial charge < -0.3 is 10.6 Å². The van der Waals surface area contributed by atoms with Crippen molar-refractivity contribution >= 4 is 29.4 Å². The first-order chi connectivity index (χ1) is 14.0. The first-order valence-electron chi connectivity index (χ1n) is 10.7. The summed E-state index contributed by atoms with van der Waals surface area (Å²) in [5.41, 5.74) is -0.224. The standard InChI is InChI=1S/C22H28ClN3O3/c23-17-8-5-7-16(15-17)21(9-1-2-10-21)18(27)24-13-6-14-26-19(28)22(25-20(26)29)11-3-4-12-22/h5,7-8,15H,1-4,6,9-14H2,(H,24,27)(H,25,29). The number of nitrogens with zero attached hydrogens (tertiary/aromatic N) is 1. The molecule has 2 N–H and O–H groups in total. The van der Waals surface area contributed by atoms with Crippen LogP contribution in [0.5, 0.6) is 0 Å². The number of amides is 4. The summed E-state index contributed by atoms with van der Waals surface area (Å²) >= 11 is 6.16. The number of benzene rings is 1. The lowest BCUT2D eigenvalue weighted by Gasteiger charge is -2.28. The van der Waals surface area contributed by atoms with Crippen molar-refractivity contribution in [3.05, 3.63) is 34.9 Å². The zero-order chi connectivity index (χ0) is 20.5. The van der Waals surface area contributed by atoms with Crippen LogP contribution in [0.4, 0.5) is 4.79 Å². The number of hydrogen-bond donors (Lipinski definition) is 2. The molecule has 3 fully saturated rings. The van der Waals surface area contributed by atoms with Gasteiger partial charge in [-0.2, -0.15) is 0 Å². The Morgan fingerprint density at radius 1 is 1.10 bits per heavy atom. The summed E-state index contributed by atoms with van der Waals surface area (Å²) in [6.07, 6.45) is 7.62. The van der Waals surface area contributed by atoms with Crippen LogP contribution in [0.2, 0.25) is 5.02 Å². The van der Waals surface area contributed by atoms with Crippen molar-refractivity contribution in [1.82, 2.24) is 15.5 Å². The Morgan fingerprint density at radius 3 is 2.48 bits per heavy atom. The predicted molar refractivity (Wildman–Crippen MR) is 111 cm³/mol. The number of halogens is 1. The van der Waals surface area contributed by atoms with Crippen molar-refractivity contribution in [2.24, 2.45) is 0 Å². The molecule has 6 nitrogen and oxygen atoms in total. The average molecular weight is 418 g/mol. The Balaban J connectivity index is 1.34. The molecule has 0 bridgehead atoms.